The molecular formula is C13H18N4O. The van der Waals surface area contributed by atoms with Crippen LogP contribution < -0.4 is 11.0 Å². The predicted molar refractivity (Wildman–Crippen MR) is 71.8 cm³/mol. The molecule has 18 heavy (non-hydrogen) atoms. The van der Waals surface area contributed by atoms with Crippen molar-refractivity contribution in [3.05, 3.63) is 46.4 Å². The molecule has 5 nitrogen and oxygen atoms in total. The fourth-order valence-electron chi connectivity index (χ4n) is 1.78. The van der Waals surface area contributed by atoms with Crippen molar-refractivity contribution in [1.82, 2.24) is 14.3 Å². The van der Waals surface area contributed by atoms with Gasteiger partial charge in [0.2, 0.25) is 5.95 Å². The maximum Gasteiger partial charge on any atom is 0.347 e. The highest BCUT2D eigenvalue weighted by molar-refractivity contribution is 5.26. The lowest BCUT2D eigenvalue weighted by atomic mass is 10.2. The Bertz CT molecular complexity index is 556. The zero-order valence-corrected chi connectivity index (χ0v) is 10.8. The zero-order chi connectivity index (χ0) is 13.0. The lowest BCUT2D eigenvalue weighted by Gasteiger charge is -2.06. The largest absolute Gasteiger partial charge is 0.354 e. The van der Waals surface area contributed by atoms with E-state index in [9.17, 15) is 4.79 Å². The summed E-state index contributed by atoms with van der Waals surface area (Å²) in [7, 11) is 1.67. The molecule has 96 valence electrons. The van der Waals surface area contributed by atoms with Crippen molar-refractivity contribution in [2.45, 2.75) is 19.9 Å². The summed E-state index contributed by atoms with van der Waals surface area (Å²) < 4.78 is 3.02. The van der Waals surface area contributed by atoms with Gasteiger partial charge in [0.25, 0.3) is 0 Å². The van der Waals surface area contributed by atoms with Gasteiger partial charge in [-0.25, -0.2) is 9.48 Å². The maximum absolute atomic E-state index is 12.0. The van der Waals surface area contributed by atoms with Gasteiger partial charge in [-0.15, -0.1) is 5.10 Å². The van der Waals surface area contributed by atoms with Gasteiger partial charge in [-0.05, 0) is 12.0 Å². The average molecular weight is 246 g/mol. The van der Waals surface area contributed by atoms with Crippen LogP contribution in [0.15, 0.2) is 35.1 Å². The smallest absolute Gasteiger partial charge is 0.347 e. The van der Waals surface area contributed by atoms with E-state index in [0.29, 0.717) is 12.5 Å². The number of nitrogens with zero attached hydrogens (tertiary/aromatic N) is 3. The van der Waals surface area contributed by atoms with E-state index >= 15 is 0 Å². The summed E-state index contributed by atoms with van der Waals surface area (Å²) in [5.74, 6) is 0.633. The molecule has 5 heteroatoms. The van der Waals surface area contributed by atoms with Gasteiger partial charge in [-0.1, -0.05) is 37.3 Å². The van der Waals surface area contributed by atoms with Crippen LogP contribution in [0.4, 0.5) is 5.95 Å². The molecule has 0 bridgehead atoms. The molecule has 0 fully saturated rings. The minimum absolute atomic E-state index is 0.0996. The lowest BCUT2D eigenvalue weighted by molar-refractivity contribution is 0.691. The molecule has 1 aromatic carbocycles. The number of hydrogen-bond donors (Lipinski definition) is 1. The van der Waals surface area contributed by atoms with Gasteiger partial charge < -0.3 is 5.32 Å². The number of rotatable bonds is 5. The minimum atomic E-state index is -0.0996. The van der Waals surface area contributed by atoms with Gasteiger partial charge >= 0.3 is 5.69 Å². The maximum atomic E-state index is 12.0. The fraction of sp³-hybridized carbons (Fsp3) is 0.385. The second-order valence-corrected chi connectivity index (χ2v) is 4.23. The first kappa shape index (κ1) is 12.4. The third-order valence-corrected chi connectivity index (χ3v) is 2.72. The normalized spacial score (nSPS) is 10.6. The SMILES string of the molecule is CCCNc1nn(C)c(=O)n1Cc1ccccc1. The molecule has 1 heterocycles. The van der Waals surface area contributed by atoms with E-state index in [0.717, 1.165) is 18.5 Å². The van der Waals surface area contributed by atoms with E-state index in [4.69, 9.17) is 0 Å². The van der Waals surface area contributed by atoms with Crippen molar-refractivity contribution in [1.29, 1.82) is 0 Å². The molecule has 0 aliphatic carbocycles. The highest BCUT2D eigenvalue weighted by Crippen LogP contribution is 2.06. The summed E-state index contributed by atoms with van der Waals surface area (Å²) in [6, 6.07) is 9.91. The van der Waals surface area contributed by atoms with Crippen LogP contribution in [0.25, 0.3) is 0 Å². The number of anilines is 1. The number of nitrogens with one attached hydrogen (secondary N) is 1. The van der Waals surface area contributed by atoms with Crippen molar-refractivity contribution in [3.8, 4) is 0 Å². The van der Waals surface area contributed by atoms with Crippen molar-refractivity contribution in [2.75, 3.05) is 11.9 Å². The highest BCUT2D eigenvalue weighted by atomic mass is 16.2. The van der Waals surface area contributed by atoms with Gasteiger partial charge in [-0.3, -0.25) is 4.57 Å². The molecule has 2 aromatic rings. The van der Waals surface area contributed by atoms with Crippen LogP contribution in [0.1, 0.15) is 18.9 Å². The van der Waals surface area contributed by atoms with E-state index in [1.54, 1.807) is 11.6 Å². The molecule has 0 saturated heterocycles. The van der Waals surface area contributed by atoms with Crippen molar-refractivity contribution < 1.29 is 0 Å². The Balaban J connectivity index is 2.28. The Labute approximate surface area is 106 Å². The molecule has 0 amide bonds. The summed E-state index contributed by atoms with van der Waals surface area (Å²) >= 11 is 0. The quantitative estimate of drug-likeness (QED) is 0.868. The van der Waals surface area contributed by atoms with E-state index in [2.05, 4.69) is 17.3 Å². The third kappa shape index (κ3) is 2.61. The Morgan fingerprint density at radius 2 is 2.00 bits per heavy atom. The molecule has 2 rings (SSSR count). The highest BCUT2D eigenvalue weighted by Gasteiger charge is 2.10. The molecule has 0 unspecified atom stereocenters. The standard InChI is InChI=1S/C13H18N4O/c1-3-9-14-12-15-16(2)13(18)17(12)10-11-7-5-4-6-8-11/h4-8H,3,9-10H2,1-2H3,(H,14,15). The number of aryl methyl sites for hydroxylation is 1. The predicted octanol–water partition coefficient (Wildman–Crippen LogP) is 1.45. The zero-order valence-electron chi connectivity index (χ0n) is 10.8. The van der Waals surface area contributed by atoms with Crippen molar-refractivity contribution >= 4 is 5.95 Å². The molecule has 1 N–H and O–H groups in total. The van der Waals surface area contributed by atoms with Crippen LogP contribution in [0.2, 0.25) is 0 Å². The van der Waals surface area contributed by atoms with Gasteiger partial charge in [0, 0.05) is 13.6 Å². The van der Waals surface area contributed by atoms with E-state index < -0.39 is 0 Å². The Morgan fingerprint density at radius 1 is 1.28 bits per heavy atom. The monoisotopic (exact) mass is 246 g/mol. The summed E-state index contributed by atoms with van der Waals surface area (Å²) in [4.78, 5) is 12.0. The van der Waals surface area contributed by atoms with Crippen LogP contribution in [0.5, 0.6) is 0 Å². The molecule has 0 radical (unpaired) electrons. The van der Waals surface area contributed by atoms with Gasteiger partial charge in [-0.2, -0.15) is 0 Å². The number of hydrogen-bond acceptors (Lipinski definition) is 3. The van der Waals surface area contributed by atoms with Crippen LogP contribution in [-0.2, 0) is 13.6 Å². The molecule has 0 spiro atoms. The van der Waals surface area contributed by atoms with Crippen LogP contribution in [0.3, 0.4) is 0 Å². The van der Waals surface area contributed by atoms with Gasteiger partial charge in [0.1, 0.15) is 0 Å². The van der Waals surface area contributed by atoms with E-state index in [-0.39, 0.29) is 5.69 Å². The van der Waals surface area contributed by atoms with Crippen molar-refractivity contribution in [3.63, 3.8) is 0 Å². The van der Waals surface area contributed by atoms with Crippen LogP contribution in [0, 0.1) is 0 Å². The fourth-order valence-corrected chi connectivity index (χ4v) is 1.78. The first-order chi connectivity index (χ1) is 8.72. The Hall–Kier alpha value is -2.04. The number of aromatic nitrogens is 3. The van der Waals surface area contributed by atoms with E-state index in [1.165, 1.54) is 4.68 Å². The van der Waals surface area contributed by atoms with Crippen LogP contribution >= 0.6 is 0 Å². The number of benzene rings is 1. The molecule has 0 atom stereocenters. The summed E-state index contributed by atoms with van der Waals surface area (Å²) in [5.41, 5.74) is 0.990. The van der Waals surface area contributed by atoms with E-state index in [1.807, 2.05) is 30.3 Å². The Morgan fingerprint density at radius 3 is 2.67 bits per heavy atom. The lowest BCUT2D eigenvalue weighted by Crippen LogP contribution is -2.24. The molecule has 0 aliphatic rings. The first-order valence-electron chi connectivity index (χ1n) is 6.14. The molecule has 1 aromatic heterocycles. The summed E-state index contributed by atoms with van der Waals surface area (Å²) in [5, 5.41) is 7.38. The van der Waals surface area contributed by atoms with Gasteiger partial charge in [0.15, 0.2) is 0 Å². The second kappa shape index (κ2) is 5.53. The topological polar surface area (TPSA) is 51.9 Å². The Kier molecular flexibility index (Phi) is 3.82. The van der Waals surface area contributed by atoms with Crippen molar-refractivity contribution in [2.24, 2.45) is 7.05 Å². The first-order valence-corrected chi connectivity index (χ1v) is 6.14. The molecule has 0 saturated carbocycles. The third-order valence-electron chi connectivity index (χ3n) is 2.72. The average Bonchev–Trinajstić information content (AvgIpc) is 2.65. The second-order valence-electron chi connectivity index (χ2n) is 4.23. The molecular weight excluding hydrogens is 228 g/mol. The van der Waals surface area contributed by atoms with Gasteiger partial charge in [0.05, 0.1) is 6.54 Å². The molecule has 0 aliphatic heterocycles. The van der Waals surface area contributed by atoms with Crippen LogP contribution in [-0.4, -0.2) is 20.9 Å². The summed E-state index contributed by atoms with van der Waals surface area (Å²) in [6.45, 7) is 3.43. The summed E-state index contributed by atoms with van der Waals surface area (Å²) in [6.07, 6.45) is 0.996. The minimum Gasteiger partial charge on any atom is -0.354 e.